The van der Waals surface area contributed by atoms with Gasteiger partial charge in [-0.2, -0.15) is 0 Å². The number of phenols is 1. The van der Waals surface area contributed by atoms with E-state index < -0.39 is 0 Å². The van der Waals surface area contributed by atoms with Gasteiger partial charge in [-0.1, -0.05) is 30.3 Å². The summed E-state index contributed by atoms with van der Waals surface area (Å²) in [5, 5.41) is 8.79. The maximum Gasteiger partial charge on any atom is 0.151 e. The van der Waals surface area contributed by atoms with Crippen LogP contribution in [0.2, 0.25) is 0 Å². The number of phenolic OH excluding ortho intramolecular Hbond substituents is 1. The maximum absolute atomic E-state index is 10.2. The van der Waals surface area contributed by atoms with Crippen LogP contribution >= 0.6 is 12.6 Å². The predicted molar refractivity (Wildman–Crippen MR) is 72.6 cm³/mol. The van der Waals surface area contributed by atoms with Crippen molar-refractivity contribution in [3.63, 3.8) is 0 Å². The van der Waals surface area contributed by atoms with E-state index in [4.69, 9.17) is 5.11 Å². The Labute approximate surface area is 110 Å². The number of carbonyl (C=O) groups is 2. The minimum absolute atomic E-state index is 0.125. The number of carbonyl (C=O) groups excluding carboxylic acids is 2. The van der Waals surface area contributed by atoms with E-state index in [1.54, 1.807) is 24.3 Å². The Morgan fingerprint density at radius 2 is 1.67 bits per heavy atom. The van der Waals surface area contributed by atoms with E-state index in [1.807, 2.05) is 12.1 Å². The van der Waals surface area contributed by atoms with Crippen LogP contribution in [0.5, 0.6) is 5.75 Å². The lowest BCUT2D eigenvalue weighted by molar-refractivity contribution is 0.111. The summed E-state index contributed by atoms with van der Waals surface area (Å²) in [6.07, 6.45) is 1.49. The van der Waals surface area contributed by atoms with Crippen molar-refractivity contribution in [2.75, 3.05) is 0 Å². The van der Waals surface area contributed by atoms with Gasteiger partial charge >= 0.3 is 0 Å². The van der Waals surface area contributed by atoms with E-state index in [-0.39, 0.29) is 5.75 Å². The van der Waals surface area contributed by atoms with Crippen molar-refractivity contribution in [1.29, 1.82) is 0 Å². The summed E-state index contributed by atoms with van der Waals surface area (Å²) in [7, 11) is 0. The summed E-state index contributed by atoms with van der Waals surface area (Å²) in [4.78, 5) is 21.0. The second-order valence-electron chi connectivity index (χ2n) is 3.39. The Kier molecular flexibility index (Phi) is 5.67. The lowest BCUT2D eigenvalue weighted by atomic mass is 10.2. The van der Waals surface area contributed by atoms with Crippen molar-refractivity contribution >= 4 is 25.2 Å². The van der Waals surface area contributed by atoms with Gasteiger partial charge in [0.25, 0.3) is 0 Å². The number of thiol groups is 1. The van der Waals surface area contributed by atoms with E-state index in [0.29, 0.717) is 17.4 Å². The zero-order valence-electron chi connectivity index (χ0n) is 9.48. The number of hydrogen-bond donors (Lipinski definition) is 2. The van der Waals surface area contributed by atoms with Gasteiger partial charge in [0.1, 0.15) is 12.0 Å². The fourth-order valence-corrected chi connectivity index (χ4v) is 1.40. The first kappa shape index (κ1) is 14.0. The largest absolute Gasteiger partial charge is 0.508 e. The second-order valence-corrected chi connectivity index (χ2v) is 3.87. The van der Waals surface area contributed by atoms with Gasteiger partial charge in [-0.25, -0.2) is 0 Å². The molecule has 0 aliphatic carbocycles. The molecule has 0 radical (unpaired) electrons. The lowest BCUT2D eigenvalue weighted by Gasteiger charge is -1.91. The molecule has 92 valence electrons. The molecule has 0 spiro atoms. The standard InChI is InChI=1S/C7H6O2.C7H6OS/c8-5-6-2-1-3-7(9)4-6;8-5-6-3-1-2-4-7(6)9/h2*1-5,9H. The number of benzene rings is 2. The summed E-state index contributed by atoms with van der Waals surface area (Å²) in [6.45, 7) is 0. The van der Waals surface area contributed by atoms with E-state index in [0.717, 1.165) is 11.2 Å². The average Bonchev–Trinajstić information content (AvgIpc) is 2.40. The summed E-state index contributed by atoms with van der Waals surface area (Å²) in [5.74, 6) is 0.125. The number of rotatable bonds is 2. The van der Waals surface area contributed by atoms with Gasteiger partial charge < -0.3 is 5.11 Å². The molecule has 4 heteroatoms. The first-order valence-electron chi connectivity index (χ1n) is 5.14. The van der Waals surface area contributed by atoms with Crippen LogP contribution in [-0.4, -0.2) is 17.7 Å². The first-order valence-corrected chi connectivity index (χ1v) is 5.59. The zero-order chi connectivity index (χ0) is 13.4. The molecule has 0 atom stereocenters. The van der Waals surface area contributed by atoms with Gasteiger partial charge in [0.2, 0.25) is 0 Å². The number of aromatic hydroxyl groups is 1. The molecule has 2 aromatic rings. The Morgan fingerprint density at radius 3 is 2.11 bits per heavy atom. The highest BCUT2D eigenvalue weighted by Crippen LogP contribution is 2.09. The molecule has 3 nitrogen and oxygen atoms in total. The van der Waals surface area contributed by atoms with Crippen molar-refractivity contribution in [1.82, 2.24) is 0 Å². The predicted octanol–water partition coefficient (Wildman–Crippen LogP) is 2.99. The van der Waals surface area contributed by atoms with Crippen LogP contribution in [0.25, 0.3) is 0 Å². The molecule has 0 aliphatic rings. The molecule has 0 aliphatic heterocycles. The molecular formula is C14H12O3S. The van der Waals surface area contributed by atoms with Gasteiger partial charge in [-0.15, -0.1) is 12.6 Å². The van der Waals surface area contributed by atoms with Crippen LogP contribution in [0.15, 0.2) is 53.4 Å². The Morgan fingerprint density at radius 1 is 0.944 bits per heavy atom. The number of hydrogen-bond acceptors (Lipinski definition) is 4. The van der Waals surface area contributed by atoms with Gasteiger partial charge in [-0.3, -0.25) is 9.59 Å². The monoisotopic (exact) mass is 260 g/mol. The van der Waals surface area contributed by atoms with Crippen LogP contribution in [0.4, 0.5) is 0 Å². The molecule has 1 N–H and O–H groups in total. The van der Waals surface area contributed by atoms with Crippen molar-refractivity contribution in [3.05, 3.63) is 59.7 Å². The van der Waals surface area contributed by atoms with Gasteiger partial charge in [0, 0.05) is 16.0 Å². The van der Waals surface area contributed by atoms with Crippen molar-refractivity contribution in [3.8, 4) is 5.75 Å². The highest BCUT2D eigenvalue weighted by molar-refractivity contribution is 7.80. The maximum atomic E-state index is 10.2. The zero-order valence-corrected chi connectivity index (χ0v) is 10.4. The third-order valence-electron chi connectivity index (χ3n) is 2.07. The van der Waals surface area contributed by atoms with E-state index in [2.05, 4.69) is 12.6 Å². The van der Waals surface area contributed by atoms with E-state index in [1.165, 1.54) is 12.1 Å². The average molecular weight is 260 g/mol. The molecule has 0 bridgehead atoms. The third kappa shape index (κ3) is 4.43. The normalized spacial score (nSPS) is 8.94. The smallest absolute Gasteiger partial charge is 0.151 e. The third-order valence-corrected chi connectivity index (χ3v) is 2.48. The van der Waals surface area contributed by atoms with E-state index >= 15 is 0 Å². The van der Waals surface area contributed by atoms with Crippen molar-refractivity contribution in [2.24, 2.45) is 0 Å². The molecule has 0 amide bonds. The number of aldehydes is 2. The molecule has 18 heavy (non-hydrogen) atoms. The molecule has 2 rings (SSSR count). The summed E-state index contributed by atoms with van der Waals surface area (Å²) in [5.41, 5.74) is 1.14. The Hall–Kier alpha value is -2.07. The highest BCUT2D eigenvalue weighted by atomic mass is 32.1. The highest BCUT2D eigenvalue weighted by Gasteiger charge is 1.91. The van der Waals surface area contributed by atoms with Crippen LogP contribution in [0.1, 0.15) is 20.7 Å². The van der Waals surface area contributed by atoms with Gasteiger partial charge in [-0.05, 0) is 18.2 Å². The van der Waals surface area contributed by atoms with Gasteiger partial charge in [0.05, 0.1) is 0 Å². The minimum atomic E-state index is 0.125. The molecular weight excluding hydrogens is 248 g/mol. The fraction of sp³-hybridized carbons (Fsp3) is 0. The SMILES string of the molecule is O=Cc1cccc(O)c1.O=Cc1ccccc1S. The Bertz CT molecular complexity index is 538. The summed E-state index contributed by atoms with van der Waals surface area (Å²) < 4.78 is 0. The molecule has 0 saturated heterocycles. The molecule has 0 heterocycles. The molecule has 2 aromatic carbocycles. The molecule has 0 aromatic heterocycles. The minimum Gasteiger partial charge on any atom is -0.508 e. The molecule has 0 unspecified atom stereocenters. The second kappa shape index (κ2) is 7.29. The lowest BCUT2D eigenvalue weighted by Crippen LogP contribution is -1.78. The van der Waals surface area contributed by atoms with E-state index in [9.17, 15) is 9.59 Å². The fourth-order valence-electron chi connectivity index (χ4n) is 1.19. The van der Waals surface area contributed by atoms with Crippen LogP contribution in [-0.2, 0) is 0 Å². The van der Waals surface area contributed by atoms with Gasteiger partial charge in [0.15, 0.2) is 6.29 Å². The van der Waals surface area contributed by atoms with Crippen molar-refractivity contribution in [2.45, 2.75) is 4.90 Å². The summed E-state index contributed by atoms with van der Waals surface area (Å²) in [6, 6.07) is 13.4. The molecule has 0 saturated carbocycles. The summed E-state index contributed by atoms with van der Waals surface area (Å²) >= 11 is 4.05. The van der Waals surface area contributed by atoms with Crippen LogP contribution in [0, 0.1) is 0 Å². The quantitative estimate of drug-likeness (QED) is 0.644. The van der Waals surface area contributed by atoms with Crippen LogP contribution < -0.4 is 0 Å². The first-order chi connectivity index (χ1) is 8.67. The van der Waals surface area contributed by atoms with Crippen LogP contribution in [0.3, 0.4) is 0 Å². The Balaban J connectivity index is 0.000000180. The van der Waals surface area contributed by atoms with Crippen molar-refractivity contribution < 1.29 is 14.7 Å². The topological polar surface area (TPSA) is 54.4 Å². The molecule has 0 fully saturated rings.